The van der Waals surface area contributed by atoms with Crippen molar-refractivity contribution in [1.29, 1.82) is 0 Å². The molecule has 3 aromatic carbocycles. The van der Waals surface area contributed by atoms with E-state index in [4.69, 9.17) is 23.4 Å². The molecule has 0 radical (unpaired) electrons. The van der Waals surface area contributed by atoms with Crippen LogP contribution in [0.2, 0.25) is 0 Å². The summed E-state index contributed by atoms with van der Waals surface area (Å²) in [6, 6.07) is 18.3. The van der Waals surface area contributed by atoms with Gasteiger partial charge in [-0.1, -0.05) is 18.2 Å². The van der Waals surface area contributed by atoms with Crippen molar-refractivity contribution in [2.75, 3.05) is 21.3 Å². The number of fused-ring (bicyclic) bond motifs is 1. The molecule has 0 aliphatic carbocycles. The Morgan fingerprint density at radius 1 is 0.781 bits per heavy atom. The third-order valence-electron chi connectivity index (χ3n) is 5.28. The van der Waals surface area contributed by atoms with E-state index < -0.39 is 0 Å². The zero-order valence-corrected chi connectivity index (χ0v) is 18.4. The molecule has 0 atom stereocenters. The Morgan fingerprint density at radius 2 is 1.50 bits per heavy atom. The number of methoxy groups -OCH3 is 3. The van der Waals surface area contributed by atoms with Gasteiger partial charge in [0.1, 0.15) is 29.4 Å². The SMILES string of the molecule is COc1ccc(COc2ccc3c(=O)c(-c4ccc(OC)c(OC)c4)c(C)oc3c2)cc1. The first-order chi connectivity index (χ1) is 15.5. The molecule has 0 saturated carbocycles. The van der Waals surface area contributed by atoms with Crippen LogP contribution in [0, 0.1) is 6.92 Å². The lowest BCUT2D eigenvalue weighted by molar-refractivity contribution is 0.306. The first kappa shape index (κ1) is 21.3. The Balaban J connectivity index is 1.65. The summed E-state index contributed by atoms with van der Waals surface area (Å²) in [7, 11) is 4.76. The van der Waals surface area contributed by atoms with E-state index in [1.54, 1.807) is 58.6 Å². The van der Waals surface area contributed by atoms with Gasteiger partial charge in [0.25, 0.3) is 0 Å². The van der Waals surface area contributed by atoms with Crippen molar-refractivity contribution in [2.24, 2.45) is 0 Å². The van der Waals surface area contributed by atoms with Crippen molar-refractivity contribution in [3.8, 4) is 34.1 Å². The number of ether oxygens (including phenoxy) is 4. The van der Waals surface area contributed by atoms with Gasteiger partial charge in [0.05, 0.1) is 32.3 Å². The van der Waals surface area contributed by atoms with E-state index in [1.807, 2.05) is 30.3 Å². The van der Waals surface area contributed by atoms with Crippen LogP contribution in [-0.2, 0) is 6.61 Å². The summed E-state index contributed by atoms with van der Waals surface area (Å²) in [6.07, 6.45) is 0. The van der Waals surface area contributed by atoms with E-state index in [2.05, 4.69) is 0 Å². The Kier molecular flexibility index (Phi) is 6.03. The minimum Gasteiger partial charge on any atom is -0.497 e. The lowest BCUT2D eigenvalue weighted by Crippen LogP contribution is -2.08. The quantitative estimate of drug-likeness (QED) is 0.391. The van der Waals surface area contributed by atoms with E-state index in [-0.39, 0.29) is 5.43 Å². The molecule has 0 amide bonds. The maximum atomic E-state index is 13.3. The molecule has 164 valence electrons. The van der Waals surface area contributed by atoms with Crippen molar-refractivity contribution >= 4 is 11.0 Å². The van der Waals surface area contributed by atoms with Gasteiger partial charge >= 0.3 is 0 Å². The van der Waals surface area contributed by atoms with E-state index in [1.165, 1.54) is 0 Å². The third kappa shape index (κ3) is 4.12. The largest absolute Gasteiger partial charge is 0.497 e. The maximum absolute atomic E-state index is 13.3. The number of rotatable bonds is 7. The molecule has 0 aliphatic heterocycles. The monoisotopic (exact) mass is 432 g/mol. The highest BCUT2D eigenvalue weighted by atomic mass is 16.5. The van der Waals surface area contributed by atoms with Gasteiger partial charge in [-0.25, -0.2) is 0 Å². The molecule has 6 nitrogen and oxygen atoms in total. The van der Waals surface area contributed by atoms with E-state index >= 15 is 0 Å². The first-order valence-corrected chi connectivity index (χ1v) is 10.1. The van der Waals surface area contributed by atoms with Crippen LogP contribution < -0.4 is 24.4 Å². The molecule has 6 heteroatoms. The van der Waals surface area contributed by atoms with Crippen LogP contribution in [0.5, 0.6) is 23.0 Å². The minimum atomic E-state index is -0.113. The number of aryl methyl sites for hydroxylation is 1. The molecule has 32 heavy (non-hydrogen) atoms. The standard InChI is InChI=1S/C26H24O6/c1-16-25(18-7-12-22(29-3)24(13-18)30-4)26(27)21-11-10-20(14-23(21)32-16)31-15-17-5-8-19(28-2)9-6-17/h5-14H,15H2,1-4H3. The summed E-state index contributed by atoms with van der Waals surface area (Å²) < 4.78 is 27.7. The molecule has 4 rings (SSSR count). The van der Waals surface area contributed by atoms with Crippen molar-refractivity contribution in [2.45, 2.75) is 13.5 Å². The van der Waals surface area contributed by atoms with Gasteiger partial charge in [-0.15, -0.1) is 0 Å². The zero-order chi connectivity index (χ0) is 22.7. The van der Waals surface area contributed by atoms with Crippen LogP contribution in [-0.4, -0.2) is 21.3 Å². The van der Waals surface area contributed by atoms with Gasteiger partial charge in [0.15, 0.2) is 11.5 Å². The van der Waals surface area contributed by atoms with Crippen molar-refractivity contribution < 1.29 is 23.4 Å². The van der Waals surface area contributed by atoms with E-state index in [0.717, 1.165) is 11.3 Å². The van der Waals surface area contributed by atoms with Gasteiger partial charge in [0, 0.05) is 6.07 Å². The summed E-state index contributed by atoms with van der Waals surface area (Å²) in [5, 5.41) is 0.484. The second kappa shape index (κ2) is 9.06. The fourth-order valence-electron chi connectivity index (χ4n) is 3.59. The molecule has 0 spiro atoms. The van der Waals surface area contributed by atoms with Crippen LogP contribution in [0.3, 0.4) is 0 Å². The molecule has 4 aromatic rings. The van der Waals surface area contributed by atoms with Crippen LogP contribution in [0.4, 0.5) is 0 Å². The van der Waals surface area contributed by atoms with Crippen LogP contribution >= 0.6 is 0 Å². The molecule has 0 N–H and O–H groups in total. The molecular formula is C26H24O6. The normalized spacial score (nSPS) is 10.8. The highest BCUT2D eigenvalue weighted by Crippen LogP contribution is 2.33. The van der Waals surface area contributed by atoms with Crippen molar-refractivity contribution in [3.05, 3.63) is 82.2 Å². The predicted molar refractivity (Wildman–Crippen MR) is 123 cm³/mol. The second-order valence-corrected chi connectivity index (χ2v) is 7.23. The highest BCUT2D eigenvalue weighted by Gasteiger charge is 2.16. The maximum Gasteiger partial charge on any atom is 0.200 e. The van der Waals surface area contributed by atoms with Crippen LogP contribution in [0.1, 0.15) is 11.3 Å². The van der Waals surface area contributed by atoms with Crippen LogP contribution in [0.15, 0.2) is 69.9 Å². The summed E-state index contributed by atoms with van der Waals surface area (Å²) in [6.45, 7) is 2.17. The van der Waals surface area contributed by atoms with Gasteiger partial charge < -0.3 is 23.4 Å². The Hall–Kier alpha value is -3.93. The summed E-state index contributed by atoms with van der Waals surface area (Å²) in [5.74, 6) is 3.07. The molecule has 0 aliphatic rings. The number of benzene rings is 3. The fourth-order valence-corrected chi connectivity index (χ4v) is 3.59. The number of hydrogen-bond donors (Lipinski definition) is 0. The average Bonchev–Trinajstić information content (AvgIpc) is 2.82. The predicted octanol–water partition coefficient (Wildman–Crippen LogP) is 5.37. The number of hydrogen-bond acceptors (Lipinski definition) is 6. The van der Waals surface area contributed by atoms with E-state index in [0.29, 0.717) is 51.7 Å². The summed E-state index contributed by atoms with van der Waals surface area (Å²) >= 11 is 0. The van der Waals surface area contributed by atoms with Gasteiger partial charge in [-0.2, -0.15) is 0 Å². The molecular weight excluding hydrogens is 408 g/mol. The molecule has 0 fully saturated rings. The topological polar surface area (TPSA) is 67.1 Å². The molecule has 0 unspecified atom stereocenters. The lowest BCUT2D eigenvalue weighted by atomic mass is 10.0. The zero-order valence-electron chi connectivity index (χ0n) is 18.4. The van der Waals surface area contributed by atoms with Crippen LogP contribution in [0.25, 0.3) is 22.1 Å². The summed E-state index contributed by atoms with van der Waals surface area (Å²) in [5.41, 5.74) is 2.56. The van der Waals surface area contributed by atoms with Gasteiger partial charge in [-0.05, 0) is 54.4 Å². The average molecular weight is 432 g/mol. The van der Waals surface area contributed by atoms with Crippen molar-refractivity contribution in [1.82, 2.24) is 0 Å². The smallest absolute Gasteiger partial charge is 0.200 e. The minimum absolute atomic E-state index is 0.113. The molecule has 1 aromatic heterocycles. The fraction of sp³-hybridized carbons (Fsp3) is 0.192. The Bertz CT molecular complexity index is 1300. The first-order valence-electron chi connectivity index (χ1n) is 10.1. The molecule has 1 heterocycles. The van der Waals surface area contributed by atoms with E-state index in [9.17, 15) is 4.79 Å². The Morgan fingerprint density at radius 3 is 2.19 bits per heavy atom. The summed E-state index contributed by atoms with van der Waals surface area (Å²) in [4.78, 5) is 13.3. The highest BCUT2D eigenvalue weighted by molar-refractivity contribution is 5.84. The van der Waals surface area contributed by atoms with Gasteiger partial charge in [0.2, 0.25) is 5.43 Å². The lowest BCUT2D eigenvalue weighted by Gasteiger charge is -2.12. The Labute approximate surface area is 185 Å². The third-order valence-corrected chi connectivity index (χ3v) is 5.28. The molecule has 0 saturated heterocycles. The van der Waals surface area contributed by atoms with Gasteiger partial charge in [-0.3, -0.25) is 4.79 Å². The van der Waals surface area contributed by atoms with Crippen molar-refractivity contribution in [3.63, 3.8) is 0 Å². The molecule has 0 bridgehead atoms. The second-order valence-electron chi connectivity index (χ2n) is 7.23.